The lowest BCUT2D eigenvalue weighted by molar-refractivity contribution is 0.171. The van der Waals surface area contributed by atoms with Gasteiger partial charge in [-0.15, -0.1) is 0 Å². The summed E-state index contributed by atoms with van der Waals surface area (Å²) in [6.07, 6.45) is 5.39. The lowest BCUT2D eigenvalue weighted by atomic mass is 10.1. The van der Waals surface area contributed by atoms with Crippen LogP contribution < -0.4 is 20.1 Å². The Hall–Kier alpha value is -1.91. The maximum Gasteiger partial charge on any atom is 0.315 e. The van der Waals surface area contributed by atoms with Crippen LogP contribution in [-0.4, -0.2) is 31.8 Å². The van der Waals surface area contributed by atoms with E-state index in [0.29, 0.717) is 19.8 Å². The van der Waals surface area contributed by atoms with Crippen LogP contribution in [0.4, 0.5) is 4.79 Å². The standard InChI is InChI=1S/C18H28N2O3/c1-3-4-5-6-14(2)20-18(21)19-10-9-15-7-8-16-17(13-15)23-12-11-22-16/h7-8,13-14H,3-6,9-12H2,1-2H3,(H2,19,20,21). The molecule has 1 atom stereocenters. The fourth-order valence-corrected chi connectivity index (χ4v) is 2.61. The number of ether oxygens (including phenoxy) is 2. The highest BCUT2D eigenvalue weighted by molar-refractivity contribution is 5.74. The summed E-state index contributed by atoms with van der Waals surface area (Å²) in [5, 5.41) is 5.89. The Labute approximate surface area is 138 Å². The van der Waals surface area contributed by atoms with Crippen molar-refractivity contribution < 1.29 is 14.3 Å². The molecule has 5 heteroatoms. The Balaban J connectivity index is 1.67. The molecule has 2 N–H and O–H groups in total. The van der Waals surface area contributed by atoms with Gasteiger partial charge in [-0.3, -0.25) is 0 Å². The summed E-state index contributed by atoms with van der Waals surface area (Å²) in [7, 11) is 0. The van der Waals surface area contributed by atoms with Gasteiger partial charge in [-0.05, 0) is 37.5 Å². The number of rotatable bonds is 8. The minimum atomic E-state index is -0.0912. The first-order chi connectivity index (χ1) is 11.2. The molecule has 0 aliphatic carbocycles. The Kier molecular flexibility index (Phi) is 7.04. The van der Waals surface area contributed by atoms with Crippen molar-refractivity contribution in [3.05, 3.63) is 23.8 Å². The highest BCUT2D eigenvalue weighted by atomic mass is 16.6. The van der Waals surface area contributed by atoms with Crippen molar-refractivity contribution in [2.45, 2.75) is 52.0 Å². The molecule has 0 radical (unpaired) electrons. The van der Waals surface area contributed by atoms with Crippen LogP contribution in [0.2, 0.25) is 0 Å². The molecule has 1 aromatic rings. The van der Waals surface area contributed by atoms with Crippen molar-refractivity contribution in [3.63, 3.8) is 0 Å². The van der Waals surface area contributed by atoms with E-state index in [1.807, 2.05) is 18.2 Å². The summed E-state index contributed by atoms with van der Waals surface area (Å²) in [5.74, 6) is 1.59. The van der Waals surface area contributed by atoms with E-state index in [9.17, 15) is 4.79 Å². The highest BCUT2D eigenvalue weighted by Crippen LogP contribution is 2.30. The third kappa shape index (κ3) is 6.00. The van der Waals surface area contributed by atoms with E-state index in [1.165, 1.54) is 12.8 Å². The Morgan fingerprint density at radius 3 is 2.78 bits per heavy atom. The maximum absolute atomic E-state index is 11.8. The molecule has 0 fully saturated rings. The third-order valence-corrected chi connectivity index (χ3v) is 3.92. The van der Waals surface area contributed by atoms with Gasteiger partial charge in [-0.1, -0.05) is 32.3 Å². The molecule has 2 amide bonds. The van der Waals surface area contributed by atoms with E-state index in [0.717, 1.165) is 36.3 Å². The fourth-order valence-electron chi connectivity index (χ4n) is 2.61. The van der Waals surface area contributed by atoms with Gasteiger partial charge in [0.05, 0.1) is 0 Å². The van der Waals surface area contributed by atoms with Gasteiger partial charge in [-0.2, -0.15) is 0 Å². The zero-order valence-electron chi connectivity index (χ0n) is 14.2. The van der Waals surface area contributed by atoms with E-state index < -0.39 is 0 Å². The lowest BCUT2D eigenvalue weighted by Gasteiger charge is -2.19. The van der Waals surface area contributed by atoms with Crippen molar-refractivity contribution >= 4 is 6.03 Å². The largest absolute Gasteiger partial charge is 0.486 e. The van der Waals surface area contributed by atoms with Crippen molar-refractivity contribution in [1.82, 2.24) is 10.6 Å². The van der Waals surface area contributed by atoms with Gasteiger partial charge < -0.3 is 20.1 Å². The van der Waals surface area contributed by atoms with Crippen LogP contribution in [0.3, 0.4) is 0 Å². The minimum absolute atomic E-state index is 0.0912. The number of hydrogen-bond acceptors (Lipinski definition) is 3. The number of hydrogen-bond donors (Lipinski definition) is 2. The zero-order chi connectivity index (χ0) is 16.5. The van der Waals surface area contributed by atoms with Crippen LogP contribution in [0.15, 0.2) is 18.2 Å². The molecule has 0 bridgehead atoms. The molecule has 23 heavy (non-hydrogen) atoms. The van der Waals surface area contributed by atoms with Gasteiger partial charge in [0.25, 0.3) is 0 Å². The molecule has 0 saturated carbocycles. The molecule has 1 aliphatic rings. The predicted octanol–water partition coefficient (Wildman–Crippen LogP) is 3.27. The molecular formula is C18H28N2O3. The molecule has 2 rings (SSSR count). The summed E-state index contributed by atoms with van der Waals surface area (Å²) >= 11 is 0. The number of fused-ring (bicyclic) bond motifs is 1. The number of amides is 2. The second-order valence-corrected chi connectivity index (χ2v) is 6.03. The summed E-state index contributed by atoms with van der Waals surface area (Å²) < 4.78 is 11.1. The topological polar surface area (TPSA) is 59.6 Å². The van der Waals surface area contributed by atoms with Crippen LogP contribution >= 0.6 is 0 Å². The van der Waals surface area contributed by atoms with Gasteiger partial charge in [0.2, 0.25) is 0 Å². The lowest BCUT2D eigenvalue weighted by Crippen LogP contribution is -2.41. The predicted molar refractivity (Wildman–Crippen MR) is 91.3 cm³/mol. The highest BCUT2D eigenvalue weighted by Gasteiger charge is 2.12. The Morgan fingerprint density at radius 1 is 1.22 bits per heavy atom. The quantitative estimate of drug-likeness (QED) is 0.723. The van der Waals surface area contributed by atoms with Crippen molar-refractivity contribution in [2.24, 2.45) is 0 Å². The van der Waals surface area contributed by atoms with Crippen LogP contribution in [0.25, 0.3) is 0 Å². The molecule has 5 nitrogen and oxygen atoms in total. The molecule has 128 valence electrons. The first-order valence-electron chi connectivity index (χ1n) is 8.62. The number of unbranched alkanes of at least 4 members (excludes halogenated alkanes) is 2. The first kappa shape index (κ1) is 17.4. The SMILES string of the molecule is CCCCCC(C)NC(=O)NCCc1ccc2c(c1)OCCO2. The number of nitrogens with one attached hydrogen (secondary N) is 2. The molecule has 1 aliphatic heterocycles. The van der Waals surface area contributed by atoms with Crippen molar-refractivity contribution in [3.8, 4) is 11.5 Å². The molecule has 1 unspecified atom stereocenters. The second-order valence-electron chi connectivity index (χ2n) is 6.03. The summed E-state index contributed by atoms with van der Waals surface area (Å²) in [4.78, 5) is 11.8. The van der Waals surface area contributed by atoms with Gasteiger partial charge >= 0.3 is 6.03 Å². The maximum atomic E-state index is 11.8. The Morgan fingerprint density at radius 2 is 2.00 bits per heavy atom. The van der Waals surface area contributed by atoms with Crippen LogP contribution in [0.5, 0.6) is 11.5 Å². The molecule has 1 aromatic carbocycles. The van der Waals surface area contributed by atoms with Crippen LogP contribution in [-0.2, 0) is 6.42 Å². The van der Waals surface area contributed by atoms with E-state index >= 15 is 0 Å². The molecular weight excluding hydrogens is 292 g/mol. The third-order valence-electron chi connectivity index (χ3n) is 3.92. The van der Waals surface area contributed by atoms with E-state index in [2.05, 4.69) is 24.5 Å². The van der Waals surface area contributed by atoms with Crippen molar-refractivity contribution in [1.29, 1.82) is 0 Å². The van der Waals surface area contributed by atoms with Crippen molar-refractivity contribution in [2.75, 3.05) is 19.8 Å². The zero-order valence-corrected chi connectivity index (χ0v) is 14.2. The number of carbonyl (C=O) groups is 1. The number of benzene rings is 1. The molecule has 0 saturated heterocycles. The van der Waals surface area contributed by atoms with E-state index in [4.69, 9.17) is 9.47 Å². The van der Waals surface area contributed by atoms with Crippen LogP contribution in [0, 0.1) is 0 Å². The number of carbonyl (C=O) groups excluding carboxylic acids is 1. The fraction of sp³-hybridized carbons (Fsp3) is 0.611. The summed E-state index contributed by atoms with van der Waals surface area (Å²) in [6.45, 7) is 6.03. The monoisotopic (exact) mass is 320 g/mol. The molecule has 0 spiro atoms. The van der Waals surface area contributed by atoms with Gasteiger partial charge in [0, 0.05) is 12.6 Å². The summed E-state index contributed by atoms with van der Waals surface area (Å²) in [6, 6.07) is 6.06. The average Bonchev–Trinajstić information content (AvgIpc) is 2.55. The average molecular weight is 320 g/mol. The van der Waals surface area contributed by atoms with Crippen LogP contribution in [0.1, 0.15) is 45.1 Å². The van der Waals surface area contributed by atoms with Gasteiger partial charge in [0.1, 0.15) is 13.2 Å². The Bertz CT molecular complexity index is 505. The summed E-state index contributed by atoms with van der Waals surface area (Å²) in [5.41, 5.74) is 1.13. The molecule has 1 heterocycles. The van der Waals surface area contributed by atoms with Gasteiger partial charge in [-0.25, -0.2) is 4.79 Å². The second kappa shape index (κ2) is 9.28. The minimum Gasteiger partial charge on any atom is -0.486 e. The normalized spacial score (nSPS) is 14.2. The van der Waals surface area contributed by atoms with Gasteiger partial charge in [0.15, 0.2) is 11.5 Å². The number of urea groups is 1. The van der Waals surface area contributed by atoms with E-state index in [1.54, 1.807) is 0 Å². The van der Waals surface area contributed by atoms with E-state index in [-0.39, 0.29) is 12.1 Å². The molecule has 0 aromatic heterocycles. The smallest absolute Gasteiger partial charge is 0.315 e. The first-order valence-corrected chi connectivity index (χ1v) is 8.62.